The van der Waals surface area contributed by atoms with Crippen LogP contribution in [0.25, 0.3) is 0 Å². The lowest BCUT2D eigenvalue weighted by atomic mass is 10.2. The monoisotopic (exact) mass is 298 g/mol. The number of carbonyl (C=O) groups excluding carboxylic acids is 2. The standard InChI is InChI=1S/C14H19ClN2O3/c1-4-14(19)16-7-8-17(10(2)18)11-5-6-13(20-3)12(15)9-11/h5-6,9H,4,7-8H2,1-3H3,(H,16,19). The summed E-state index contributed by atoms with van der Waals surface area (Å²) in [6.45, 7) is 4.04. The molecule has 110 valence electrons. The van der Waals surface area contributed by atoms with E-state index in [4.69, 9.17) is 16.3 Å². The molecule has 0 bridgehead atoms. The maximum Gasteiger partial charge on any atom is 0.223 e. The second-order valence-electron chi connectivity index (χ2n) is 4.19. The quantitative estimate of drug-likeness (QED) is 0.876. The Bertz CT molecular complexity index is 491. The Labute approximate surface area is 123 Å². The van der Waals surface area contributed by atoms with Gasteiger partial charge in [0.1, 0.15) is 5.75 Å². The summed E-state index contributed by atoms with van der Waals surface area (Å²) >= 11 is 6.05. The zero-order valence-corrected chi connectivity index (χ0v) is 12.7. The molecule has 1 aromatic carbocycles. The van der Waals surface area contributed by atoms with E-state index in [1.165, 1.54) is 14.0 Å². The van der Waals surface area contributed by atoms with Crippen molar-refractivity contribution in [2.75, 3.05) is 25.1 Å². The number of hydrogen-bond donors (Lipinski definition) is 1. The Morgan fingerprint density at radius 1 is 1.40 bits per heavy atom. The SMILES string of the molecule is CCC(=O)NCCN(C(C)=O)c1ccc(OC)c(Cl)c1. The highest BCUT2D eigenvalue weighted by atomic mass is 35.5. The Hall–Kier alpha value is -1.75. The molecule has 1 aromatic rings. The summed E-state index contributed by atoms with van der Waals surface area (Å²) < 4.78 is 5.07. The van der Waals surface area contributed by atoms with Crippen molar-refractivity contribution in [3.8, 4) is 5.75 Å². The minimum absolute atomic E-state index is 0.0405. The van der Waals surface area contributed by atoms with Gasteiger partial charge in [0, 0.05) is 32.1 Å². The normalized spacial score (nSPS) is 10.0. The molecule has 1 rings (SSSR count). The summed E-state index contributed by atoms with van der Waals surface area (Å²) in [6, 6.07) is 5.13. The topological polar surface area (TPSA) is 58.6 Å². The van der Waals surface area contributed by atoms with E-state index in [2.05, 4.69) is 5.32 Å². The Morgan fingerprint density at radius 2 is 2.10 bits per heavy atom. The molecule has 0 atom stereocenters. The van der Waals surface area contributed by atoms with Crippen LogP contribution in [0, 0.1) is 0 Å². The predicted molar refractivity (Wildman–Crippen MR) is 79.3 cm³/mol. The summed E-state index contributed by atoms with van der Waals surface area (Å²) in [5.74, 6) is 0.399. The molecule has 6 heteroatoms. The molecule has 5 nitrogen and oxygen atoms in total. The van der Waals surface area contributed by atoms with E-state index in [-0.39, 0.29) is 11.8 Å². The number of nitrogens with zero attached hydrogens (tertiary/aromatic N) is 1. The number of nitrogens with one attached hydrogen (secondary N) is 1. The van der Waals surface area contributed by atoms with Crippen molar-refractivity contribution < 1.29 is 14.3 Å². The van der Waals surface area contributed by atoms with Gasteiger partial charge in [0.05, 0.1) is 12.1 Å². The number of halogens is 1. The molecule has 0 aliphatic carbocycles. The van der Waals surface area contributed by atoms with Crippen LogP contribution in [0.4, 0.5) is 5.69 Å². The molecule has 0 unspecified atom stereocenters. The first kappa shape index (κ1) is 16.3. The molecule has 0 heterocycles. The fourth-order valence-corrected chi connectivity index (χ4v) is 1.98. The summed E-state index contributed by atoms with van der Waals surface area (Å²) in [5, 5.41) is 3.17. The van der Waals surface area contributed by atoms with Gasteiger partial charge in [-0.05, 0) is 18.2 Å². The summed E-state index contributed by atoms with van der Waals surface area (Å²) in [7, 11) is 1.53. The summed E-state index contributed by atoms with van der Waals surface area (Å²) in [5.41, 5.74) is 0.675. The average Bonchev–Trinajstić information content (AvgIpc) is 2.42. The lowest BCUT2D eigenvalue weighted by Gasteiger charge is -2.22. The number of benzene rings is 1. The molecular weight excluding hydrogens is 280 g/mol. The number of carbonyl (C=O) groups is 2. The van der Waals surface area contributed by atoms with Crippen LogP contribution in [-0.2, 0) is 9.59 Å². The Balaban J connectivity index is 2.78. The fraction of sp³-hybridized carbons (Fsp3) is 0.429. The second kappa shape index (κ2) is 7.75. The van der Waals surface area contributed by atoms with Gasteiger partial charge >= 0.3 is 0 Å². The first-order chi connectivity index (χ1) is 9.49. The smallest absolute Gasteiger partial charge is 0.223 e. The Morgan fingerprint density at radius 3 is 2.60 bits per heavy atom. The highest BCUT2D eigenvalue weighted by Crippen LogP contribution is 2.29. The van der Waals surface area contributed by atoms with E-state index in [1.807, 2.05) is 0 Å². The number of anilines is 1. The minimum atomic E-state index is -0.114. The molecule has 0 aromatic heterocycles. The third-order valence-corrected chi connectivity index (χ3v) is 3.10. The first-order valence-electron chi connectivity index (χ1n) is 6.38. The third-order valence-electron chi connectivity index (χ3n) is 2.81. The maximum atomic E-state index is 11.7. The number of ether oxygens (including phenoxy) is 1. The van der Waals surface area contributed by atoms with E-state index >= 15 is 0 Å². The van der Waals surface area contributed by atoms with Crippen LogP contribution < -0.4 is 15.0 Å². The van der Waals surface area contributed by atoms with E-state index < -0.39 is 0 Å². The van der Waals surface area contributed by atoms with Crippen molar-refractivity contribution in [2.45, 2.75) is 20.3 Å². The molecule has 0 saturated heterocycles. The predicted octanol–water partition coefficient (Wildman–Crippen LogP) is 2.23. The highest BCUT2D eigenvalue weighted by Gasteiger charge is 2.13. The summed E-state index contributed by atoms with van der Waals surface area (Å²) in [4.78, 5) is 24.4. The zero-order valence-electron chi connectivity index (χ0n) is 11.9. The number of rotatable bonds is 6. The van der Waals surface area contributed by atoms with Gasteiger partial charge in [-0.25, -0.2) is 0 Å². The van der Waals surface area contributed by atoms with Crippen molar-refractivity contribution in [3.63, 3.8) is 0 Å². The van der Waals surface area contributed by atoms with Gasteiger partial charge in [-0.2, -0.15) is 0 Å². The van der Waals surface area contributed by atoms with Crippen molar-refractivity contribution in [3.05, 3.63) is 23.2 Å². The summed E-state index contributed by atoms with van der Waals surface area (Å²) in [6.07, 6.45) is 0.425. The molecule has 0 radical (unpaired) electrons. The number of hydrogen-bond acceptors (Lipinski definition) is 3. The van der Waals surface area contributed by atoms with Gasteiger partial charge in [0.25, 0.3) is 0 Å². The average molecular weight is 299 g/mol. The van der Waals surface area contributed by atoms with Crippen molar-refractivity contribution >= 4 is 29.1 Å². The third kappa shape index (κ3) is 4.42. The first-order valence-corrected chi connectivity index (χ1v) is 6.75. The molecule has 2 amide bonds. The second-order valence-corrected chi connectivity index (χ2v) is 4.60. The van der Waals surface area contributed by atoms with Gasteiger partial charge in [0.2, 0.25) is 11.8 Å². The van der Waals surface area contributed by atoms with Crippen molar-refractivity contribution in [2.24, 2.45) is 0 Å². The Kier molecular flexibility index (Phi) is 6.31. The number of amides is 2. The van der Waals surface area contributed by atoms with E-state index in [0.717, 1.165) is 0 Å². The molecule has 0 fully saturated rings. The maximum absolute atomic E-state index is 11.7. The van der Waals surface area contributed by atoms with Crippen molar-refractivity contribution in [1.82, 2.24) is 5.32 Å². The van der Waals surface area contributed by atoms with Gasteiger partial charge in [-0.1, -0.05) is 18.5 Å². The van der Waals surface area contributed by atoms with Crippen LogP contribution in [0.2, 0.25) is 5.02 Å². The van der Waals surface area contributed by atoms with E-state index in [1.54, 1.807) is 30.0 Å². The minimum Gasteiger partial charge on any atom is -0.495 e. The van der Waals surface area contributed by atoms with Crippen molar-refractivity contribution in [1.29, 1.82) is 0 Å². The van der Waals surface area contributed by atoms with Gasteiger partial charge in [-0.3, -0.25) is 9.59 Å². The van der Waals surface area contributed by atoms with Gasteiger partial charge in [-0.15, -0.1) is 0 Å². The van der Waals surface area contributed by atoms with Crippen LogP contribution in [0.3, 0.4) is 0 Å². The molecule has 0 saturated carbocycles. The molecule has 0 aliphatic heterocycles. The lowest BCUT2D eigenvalue weighted by Crippen LogP contribution is -2.37. The largest absolute Gasteiger partial charge is 0.495 e. The molecule has 0 aliphatic rings. The van der Waals surface area contributed by atoms with Crippen LogP contribution >= 0.6 is 11.6 Å². The van der Waals surface area contributed by atoms with E-state index in [0.29, 0.717) is 36.0 Å². The van der Waals surface area contributed by atoms with E-state index in [9.17, 15) is 9.59 Å². The molecular formula is C14H19ClN2O3. The van der Waals surface area contributed by atoms with Crippen LogP contribution in [0.1, 0.15) is 20.3 Å². The fourth-order valence-electron chi connectivity index (χ4n) is 1.72. The van der Waals surface area contributed by atoms with Crippen LogP contribution in [-0.4, -0.2) is 32.0 Å². The molecule has 1 N–H and O–H groups in total. The lowest BCUT2D eigenvalue weighted by molar-refractivity contribution is -0.121. The molecule has 0 spiro atoms. The molecule has 20 heavy (non-hydrogen) atoms. The van der Waals surface area contributed by atoms with Crippen LogP contribution in [0.5, 0.6) is 5.75 Å². The van der Waals surface area contributed by atoms with Gasteiger partial charge in [0.15, 0.2) is 0 Å². The highest BCUT2D eigenvalue weighted by molar-refractivity contribution is 6.32. The van der Waals surface area contributed by atoms with Gasteiger partial charge < -0.3 is 15.0 Å². The van der Waals surface area contributed by atoms with Crippen LogP contribution in [0.15, 0.2) is 18.2 Å². The number of methoxy groups -OCH3 is 1. The zero-order chi connectivity index (χ0) is 15.1.